The van der Waals surface area contributed by atoms with Gasteiger partial charge in [-0.05, 0) is 49.7 Å². The molecule has 0 bridgehead atoms. The van der Waals surface area contributed by atoms with Crippen molar-refractivity contribution < 1.29 is 4.74 Å². The lowest BCUT2D eigenvalue weighted by atomic mass is 10.2. The second kappa shape index (κ2) is 6.48. The monoisotopic (exact) mass is 275 g/mol. The summed E-state index contributed by atoms with van der Waals surface area (Å²) >= 11 is 5.99. The lowest BCUT2D eigenvalue weighted by Gasteiger charge is -2.16. The molecule has 1 N–H and O–H groups in total. The molecule has 2 aromatic rings. The molecule has 0 aliphatic heterocycles. The normalized spacial score (nSPS) is 11.9. The highest BCUT2D eigenvalue weighted by Gasteiger charge is 2.05. The molecule has 2 rings (SSSR count). The van der Waals surface area contributed by atoms with E-state index >= 15 is 0 Å². The Morgan fingerprint density at radius 3 is 2.58 bits per heavy atom. The molecular weight excluding hydrogens is 258 g/mol. The highest BCUT2D eigenvalue weighted by molar-refractivity contribution is 6.31. The summed E-state index contributed by atoms with van der Waals surface area (Å²) in [5.74, 6) is 0.851. The average molecular weight is 276 g/mol. The van der Waals surface area contributed by atoms with Crippen molar-refractivity contribution in [1.82, 2.24) is 0 Å². The summed E-state index contributed by atoms with van der Waals surface area (Å²) in [4.78, 5) is 0. The minimum Gasteiger partial charge on any atom is -0.489 e. The van der Waals surface area contributed by atoms with Gasteiger partial charge in [-0.1, -0.05) is 29.8 Å². The molecule has 2 aromatic carbocycles. The predicted octanol–water partition coefficient (Wildman–Crippen LogP) is 4.53. The maximum atomic E-state index is 5.99. The molecular formula is C16H18ClNO. The van der Waals surface area contributed by atoms with Crippen LogP contribution in [0.25, 0.3) is 0 Å². The molecule has 0 fully saturated rings. The third-order valence-corrected chi connectivity index (χ3v) is 3.26. The molecule has 1 unspecified atom stereocenters. The standard InChI is InChI=1S/C16H18ClNO/c1-12-10-15(8-9-16(12)17)19-13(2)11-18-14-6-4-3-5-7-14/h3-10,13,18H,11H2,1-2H3. The molecule has 0 amide bonds. The number of benzene rings is 2. The largest absolute Gasteiger partial charge is 0.489 e. The Balaban J connectivity index is 1.87. The Bertz CT molecular complexity index is 528. The lowest BCUT2D eigenvalue weighted by molar-refractivity contribution is 0.234. The van der Waals surface area contributed by atoms with Gasteiger partial charge in [0, 0.05) is 10.7 Å². The van der Waals surface area contributed by atoms with Crippen LogP contribution in [0.15, 0.2) is 48.5 Å². The maximum absolute atomic E-state index is 5.99. The molecule has 0 aliphatic carbocycles. The van der Waals surface area contributed by atoms with E-state index in [9.17, 15) is 0 Å². The molecule has 0 aromatic heterocycles. The summed E-state index contributed by atoms with van der Waals surface area (Å²) in [6.07, 6.45) is 0.0841. The van der Waals surface area contributed by atoms with Gasteiger partial charge in [0.25, 0.3) is 0 Å². The summed E-state index contributed by atoms with van der Waals surface area (Å²) in [6, 6.07) is 15.8. The topological polar surface area (TPSA) is 21.3 Å². The summed E-state index contributed by atoms with van der Waals surface area (Å²) in [6.45, 7) is 4.77. The summed E-state index contributed by atoms with van der Waals surface area (Å²) in [5.41, 5.74) is 2.13. The Morgan fingerprint density at radius 2 is 1.89 bits per heavy atom. The van der Waals surface area contributed by atoms with Gasteiger partial charge in [0.1, 0.15) is 11.9 Å². The van der Waals surface area contributed by atoms with Crippen molar-refractivity contribution >= 4 is 17.3 Å². The van der Waals surface area contributed by atoms with Gasteiger partial charge in [-0.15, -0.1) is 0 Å². The van der Waals surface area contributed by atoms with E-state index in [-0.39, 0.29) is 6.10 Å². The number of para-hydroxylation sites is 1. The van der Waals surface area contributed by atoms with Crippen molar-refractivity contribution in [2.75, 3.05) is 11.9 Å². The molecule has 3 heteroatoms. The Kier molecular flexibility index (Phi) is 4.69. The van der Waals surface area contributed by atoms with Crippen molar-refractivity contribution in [3.05, 3.63) is 59.1 Å². The first kappa shape index (κ1) is 13.8. The number of nitrogens with one attached hydrogen (secondary N) is 1. The van der Waals surface area contributed by atoms with Crippen LogP contribution < -0.4 is 10.1 Å². The van der Waals surface area contributed by atoms with Gasteiger partial charge in [-0.25, -0.2) is 0 Å². The van der Waals surface area contributed by atoms with Crippen LogP contribution in [0, 0.1) is 6.92 Å². The van der Waals surface area contributed by atoms with E-state index in [0.29, 0.717) is 0 Å². The Hall–Kier alpha value is -1.67. The summed E-state index contributed by atoms with van der Waals surface area (Å²) < 4.78 is 5.85. The van der Waals surface area contributed by atoms with Gasteiger partial charge >= 0.3 is 0 Å². The lowest BCUT2D eigenvalue weighted by Crippen LogP contribution is -2.22. The number of ether oxygens (including phenoxy) is 1. The predicted molar refractivity (Wildman–Crippen MR) is 81.2 cm³/mol. The zero-order chi connectivity index (χ0) is 13.7. The highest BCUT2D eigenvalue weighted by Crippen LogP contribution is 2.21. The summed E-state index contributed by atoms with van der Waals surface area (Å²) in [7, 11) is 0. The van der Waals surface area contributed by atoms with Gasteiger partial charge in [0.15, 0.2) is 0 Å². The number of hydrogen-bond donors (Lipinski definition) is 1. The number of halogens is 1. The SMILES string of the molecule is Cc1cc(OC(C)CNc2ccccc2)ccc1Cl. The molecule has 0 aliphatic rings. The first-order valence-corrected chi connectivity index (χ1v) is 6.74. The minimum absolute atomic E-state index is 0.0841. The molecule has 100 valence electrons. The van der Waals surface area contributed by atoms with Gasteiger partial charge in [0.2, 0.25) is 0 Å². The number of anilines is 1. The smallest absolute Gasteiger partial charge is 0.120 e. The molecule has 19 heavy (non-hydrogen) atoms. The van der Waals surface area contributed by atoms with Crippen LogP contribution >= 0.6 is 11.6 Å². The number of rotatable bonds is 5. The maximum Gasteiger partial charge on any atom is 0.120 e. The first-order chi connectivity index (χ1) is 9.15. The van der Waals surface area contributed by atoms with Crippen molar-refractivity contribution in [3.8, 4) is 5.75 Å². The van der Waals surface area contributed by atoms with Crippen LogP contribution in [0.4, 0.5) is 5.69 Å². The zero-order valence-electron chi connectivity index (χ0n) is 11.2. The van der Waals surface area contributed by atoms with Crippen LogP contribution in [0.3, 0.4) is 0 Å². The third kappa shape index (κ3) is 4.18. The second-order valence-corrected chi connectivity index (χ2v) is 4.99. The van der Waals surface area contributed by atoms with E-state index in [4.69, 9.17) is 16.3 Å². The van der Waals surface area contributed by atoms with Crippen LogP contribution in [0.1, 0.15) is 12.5 Å². The van der Waals surface area contributed by atoms with Gasteiger partial charge < -0.3 is 10.1 Å². The Labute approximate surface area is 119 Å². The van der Waals surface area contributed by atoms with Crippen molar-refractivity contribution in [2.24, 2.45) is 0 Å². The average Bonchev–Trinajstić information content (AvgIpc) is 2.42. The van der Waals surface area contributed by atoms with Crippen LogP contribution in [0.5, 0.6) is 5.75 Å². The van der Waals surface area contributed by atoms with Crippen molar-refractivity contribution in [1.29, 1.82) is 0 Å². The fourth-order valence-electron chi connectivity index (χ4n) is 1.78. The van der Waals surface area contributed by atoms with E-state index in [1.165, 1.54) is 0 Å². The van der Waals surface area contributed by atoms with Crippen molar-refractivity contribution in [2.45, 2.75) is 20.0 Å². The molecule has 0 spiro atoms. The number of hydrogen-bond acceptors (Lipinski definition) is 2. The molecule has 1 atom stereocenters. The van der Waals surface area contributed by atoms with Gasteiger partial charge in [0.05, 0.1) is 6.54 Å². The van der Waals surface area contributed by atoms with E-state index in [1.54, 1.807) is 0 Å². The highest BCUT2D eigenvalue weighted by atomic mass is 35.5. The molecule has 0 heterocycles. The zero-order valence-corrected chi connectivity index (χ0v) is 11.9. The van der Waals surface area contributed by atoms with E-state index in [1.807, 2.05) is 62.4 Å². The Morgan fingerprint density at radius 1 is 1.16 bits per heavy atom. The summed E-state index contributed by atoms with van der Waals surface area (Å²) in [5, 5.41) is 4.11. The van der Waals surface area contributed by atoms with Crippen molar-refractivity contribution in [3.63, 3.8) is 0 Å². The first-order valence-electron chi connectivity index (χ1n) is 6.37. The van der Waals surface area contributed by atoms with E-state index < -0.39 is 0 Å². The van der Waals surface area contributed by atoms with Gasteiger partial charge in [-0.3, -0.25) is 0 Å². The van der Waals surface area contributed by atoms with E-state index in [0.717, 1.165) is 28.6 Å². The van der Waals surface area contributed by atoms with Gasteiger partial charge in [-0.2, -0.15) is 0 Å². The molecule has 2 nitrogen and oxygen atoms in total. The fourth-order valence-corrected chi connectivity index (χ4v) is 1.90. The van der Waals surface area contributed by atoms with Crippen LogP contribution in [0.2, 0.25) is 5.02 Å². The molecule has 0 radical (unpaired) electrons. The van der Waals surface area contributed by atoms with Crippen LogP contribution in [-0.4, -0.2) is 12.6 Å². The molecule has 0 saturated heterocycles. The van der Waals surface area contributed by atoms with E-state index in [2.05, 4.69) is 5.32 Å². The fraction of sp³-hybridized carbons (Fsp3) is 0.250. The molecule has 0 saturated carbocycles. The quantitative estimate of drug-likeness (QED) is 0.866. The van der Waals surface area contributed by atoms with Crippen LogP contribution in [-0.2, 0) is 0 Å². The second-order valence-electron chi connectivity index (χ2n) is 4.59. The number of aryl methyl sites for hydroxylation is 1. The minimum atomic E-state index is 0.0841. The third-order valence-electron chi connectivity index (χ3n) is 2.83.